The monoisotopic (exact) mass is 479 g/mol. The van der Waals surface area contributed by atoms with E-state index in [1.807, 2.05) is 0 Å². The van der Waals surface area contributed by atoms with Crippen LogP contribution in [0.1, 0.15) is 20.8 Å². The summed E-state index contributed by atoms with van der Waals surface area (Å²) in [5.41, 5.74) is 0. The molecular weight excluding hydrogens is 451 g/mol. The number of ether oxygens (including phenoxy) is 1. The Morgan fingerprint density at radius 1 is 0.741 bits per heavy atom. The summed E-state index contributed by atoms with van der Waals surface area (Å²) in [6.45, 7) is 7.25. The molecular formula is C24H27OSiSn. The fraction of sp³-hybridized carbons (Fsp3) is 0.250. The molecule has 3 aromatic carbocycles. The van der Waals surface area contributed by atoms with E-state index in [9.17, 15) is 0 Å². The first-order valence-electron chi connectivity index (χ1n) is 9.59. The predicted octanol–water partition coefficient (Wildman–Crippen LogP) is 2.52. The van der Waals surface area contributed by atoms with Crippen LogP contribution in [0.25, 0.3) is 0 Å². The molecule has 3 heteroatoms. The summed E-state index contributed by atoms with van der Waals surface area (Å²) < 4.78 is 10.3. The van der Waals surface area contributed by atoms with Gasteiger partial charge in [0.2, 0.25) is 0 Å². The molecule has 0 saturated heterocycles. The molecule has 1 nitrogen and oxygen atoms in total. The Bertz CT molecular complexity index is 925. The molecule has 1 heterocycles. The molecule has 0 spiro atoms. The molecule has 0 aromatic heterocycles. The van der Waals surface area contributed by atoms with Crippen LogP contribution in [-0.2, 0) is 0 Å². The molecule has 1 aliphatic rings. The normalized spacial score (nSPS) is 15.7. The van der Waals surface area contributed by atoms with Crippen molar-refractivity contribution < 1.29 is 4.74 Å². The van der Waals surface area contributed by atoms with Gasteiger partial charge in [0.05, 0.1) is 0 Å². The van der Waals surface area contributed by atoms with Crippen LogP contribution < -0.4 is 25.8 Å². The summed E-state index contributed by atoms with van der Waals surface area (Å²) in [5.74, 6) is 0.936. The molecule has 1 aliphatic heterocycles. The average molecular weight is 478 g/mol. The molecule has 0 amide bonds. The van der Waals surface area contributed by atoms with E-state index in [1.54, 1.807) is 24.6 Å². The van der Waals surface area contributed by atoms with E-state index < -0.39 is 27.2 Å². The van der Waals surface area contributed by atoms with E-state index in [0.717, 1.165) is 5.75 Å². The SMILES string of the molecule is COc1cc[c]([Sn]2([CH3])[c]3ccccc3[Si](C(C)(C)C)c3cccc[c]32)cc1. The van der Waals surface area contributed by atoms with Gasteiger partial charge in [-0.3, -0.25) is 0 Å². The van der Waals surface area contributed by atoms with Gasteiger partial charge in [-0.1, -0.05) is 0 Å². The van der Waals surface area contributed by atoms with Gasteiger partial charge in [-0.15, -0.1) is 0 Å². The number of hydrogen-bond donors (Lipinski definition) is 0. The van der Waals surface area contributed by atoms with E-state index in [4.69, 9.17) is 4.74 Å². The Morgan fingerprint density at radius 2 is 1.22 bits per heavy atom. The van der Waals surface area contributed by atoms with Gasteiger partial charge in [0.25, 0.3) is 0 Å². The van der Waals surface area contributed by atoms with Gasteiger partial charge < -0.3 is 0 Å². The molecule has 0 unspecified atom stereocenters. The van der Waals surface area contributed by atoms with Crippen LogP contribution in [0.2, 0.25) is 9.98 Å². The zero-order valence-corrected chi connectivity index (χ0v) is 20.7. The van der Waals surface area contributed by atoms with E-state index in [1.165, 1.54) is 3.58 Å². The topological polar surface area (TPSA) is 9.23 Å². The molecule has 3 aromatic rings. The molecule has 1 radical (unpaired) electrons. The Balaban J connectivity index is 2.04. The molecule has 0 aliphatic carbocycles. The molecule has 0 bridgehead atoms. The summed E-state index contributed by atoms with van der Waals surface area (Å²) >= 11 is -3.01. The van der Waals surface area contributed by atoms with Crippen molar-refractivity contribution in [1.82, 2.24) is 0 Å². The number of benzene rings is 3. The van der Waals surface area contributed by atoms with Crippen LogP contribution >= 0.6 is 0 Å². The number of methoxy groups -OCH3 is 1. The molecule has 0 saturated carbocycles. The van der Waals surface area contributed by atoms with Crippen molar-refractivity contribution in [2.75, 3.05) is 7.11 Å². The van der Waals surface area contributed by atoms with Gasteiger partial charge in [-0.25, -0.2) is 0 Å². The predicted molar refractivity (Wildman–Crippen MR) is 121 cm³/mol. The summed E-state index contributed by atoms with van der Waals surface area (Å²) in [7, 11) is 0.900. The first kappa shape index (κ1) is 18.8. The first-order chi connectivity index (χ1) is 12.9. The quantitative estimate of drug-likeness (QED) is 0.515. The molecule has 0 atom stereocenters. The van der Waals surface area contributed by atoms with Crippen LogP contribution in [0.5, 0.6) is 5.75 Å². The third-order valence-electron chi connectivity index (χ3n) is 5.89. The van der Waals surface area contributed by atoms with Crippen molar-refractivity contribution in [3.05, 3.63) is 72.8 Å². The van der Waals surface area contributed by atoms with Crippen LogP contribution in [0, 0.1) is 0 Å². The van der Waals surface area contributed by atoms with Gasteiger partial charge in [-0.05, 0) is 0 Å². The third-order valence-corrected chi connectivity index (χ3v) is 23.6. The van der Waals surface area contributed by atoms with Crippen LogP contribution in [0.15, 0.2) is 72.8 Å². The molecule has 137 valence electrons. The molecule has 0 fully saturated rings. The van der Waals surface area contributed by atoms with Crippen molar-refractivity contribution in [3.8, 4) is 5.75 Å². The zero-order valence-electron chi connectivity index (χ0n) is 16.8. The minimum atomic E-state index is -3.01. The third kappa shape index (κ3) is 2.97. The Kier molecular flexibility index (Phi) is 4.75. The van der Waals surface area contributed by atoms with Crippen molar-refractivity contribution in [2.24, 2.45) is 0 Å². The second-order valence-electron chi connectivity index (χ2n) is 8.57. The van der Waals surface area contributed by atoms with Gasteiger partial charge in [-0.2, -0.15) is 0 Å². The second kappa shape index (κ2) is 6.82. The minimum absolute atomic E-state index is 0.282. The van der Waals surface area contributed by atoms with Gasteiger partial charge >= 0.3 is 169 Å². The number of fused-ring (bicyclic) bond motifs is 2. The number of rotatable bonds is 2. The molecule has 27 heavy (non-hydrogen) atoms. The average Bonchev–Trinajstić information content (AvgIpc) is 2.67. The zero-order chi connectivity index (χ0) is 19.2. The van der Waals surface area contributed by atoms with Crippen LogP contribution in [0.4, 0.5) is 0 Å². The summed E-state index contributed by atoms with van der Waals surface area (Å²) in [5, 5.41) is 3.56. The Hall–Kier alpha value is -1.52. The Labute approximate surface area is 168 Å². The molecule has 4 rings (SSSR count). The fourth-order valence-electron chi connectivity index (χ4n) is 4.61. The van der Waals surface area contributed by atoms with E-state index in [-0.39, 0.29) is 5.04 Å². The fourth-order valence-corrected chi connectivity index (χ4v) is 24.2. The van der Waals surface area contributed by atoms with Gasteiger partial charge in [0.15, 0.2) is 0 Å². The van der Waals surface area contributed by atoms with Gasteiger partial charge in [0, 0.05) is 0 Å². The van der Waals surface area contributed by atoms with Crippen molar-refractivity contribution in [3.63, 3.8) is 0 Å². The van der Waals surface area contributed by atoms with Crippen molar-refractivity contribution in [1.29, 1.82) is 0 Å². The standard InChI is InChI=1S/C16H17Si.C7H7O.CH3.Sn/c1-16(2,3)17(14-10-6-4-7-11-14)15-12-8-5-9-13-15;1-8-7-5-3-2-4-6-7;;/h4-10,12H,1-3H3;3-6H,1H3;1H3;. The van der Waals surface area contributed by atoms with E-state index in [0.29, 0.717) is 0 Å². The summed E-state index contributed by atoms with van der Waals surface area (Å²) in [6.07, 6.45) is 0. The van der Waals surface area contributed by atoms with Crippen LogP contribution in [0.3, 0.4) is 0 Å². The number of hydrogen-bond acceptors (Lipinski definition) is 1. The van der Waals surface area contributed by atoms with Crippen molar-refractivity contribution >= 4 is 48.3 Å². The maximum atomic E-state index is 5.42. The van der Waals surface area contributed by atoms with E-state index >= 15 is 0 Å². The maximum absolute atomic E-state index is 5.42. The molecule has 0 N–H and O–H groups in total. The second-order valence-corrected chi connectivity index (χ2v) is 23.0. The van der Waals surface area contributed by atoms with Crippen molar-refractivity contribution in [2.45, 2.75) is 30.7 Å². The van der Waals surface area contributed by atoms with Gasteiger partial charge in [0.1, 0.15) is 0 Å². The van der Waals surface area contributed by atoms with Crippen LogP contribution in [-0.4, -0.2) is 34.3 Å². The Morgan fingerprint density at radius 3 is 1.67 bits per heavy atom. The van der Waals surface area contributed by atoms with E-state index in [2.05, 4.69) is 98.5 Å². The summed E-state index contributed by atoms with van der Waals surface area (Å²) in [6, 6.07) is 27.6. The first-order valence-corrected chi connectivity index (χ1v) is 18.2. The summed E-state index contributed by atoms with van der Waals surface area (Å²) in [4.78, 5) is 2.59.